The zero-order chi connectivity index (χ0) is 19.5. The maximum absolute atomic E-state index is 13.6. The van der Waals surface area contributed by atoms with Crippen LogP contribution < -0.4 is 5.73 Å². The Morgan fingerprint density at radius 1 is 1.38 bits per heavy atom. The normalized spacial score (nSPS) is 12.1. The Morgan fingerprint density at radius 3 is 2.65 bits per heavy atom. The van der Waals surface area contributed by atoms with Crippen LogP contribution in [0.15, 0.2) is 40.1 Å². The number of halogens is 2. The number of pyridine rings is 1. The van der Waals surface area contributed by atoms with Gasteiger partial charge in [0.1, 0.15) is 28.6 Å². The fourth-order valence-electron chi connectivity index (χ4n) is 2.06. The van der Waals surface area contributed by atoms with Gasteiger partial charge in [0.25, 0.3) is 0 Å². The highest BCUT2D eigenvalue weighted by Crippen LogP contribution is 2.26. The van der Waals surface area contributed by atoms with Crippen LogP contribution in [-0.4, -0.2) is 27.3 Å². The molecule has 0 atom stereocenters. The number of carbonyl (C=O) groups is 1. The molecule has 138 valence electrons. The lowest BCUT2D eigenvalue weighted by molar-refractivity contribution is -0.117. The van der Waals surface area contributed by atoms with E-state index in [1.54, 1.807) is 0 Å². The molecular weight excluding hydrogens is 405 g/mol. The van der Waals surface area contributed by atoms with Crippen molar-refractivity contribution in [2.24, 2.45) is 10.9 Å². The molecule has 6 nitrogen and oxygen atoms in total. The molecule has 1 aromatic heterocycles. The second kappa shape index (κ2) is 7.82. The molecule has 2 rings (SSSR count). The Labute approximate surface area is 159 Å². The molecule has 3 N–H and O–H groups in total. The molecule has 0 aliphatic rings. The quantitative estimate of drug-likeness (QED) is 0.569. The first-order chi connectivity index (χ1) is 12.1. The minimum Gasteiger partial charge on any atom is -0.505 e. The number of hydrogen-bond donors (Lipinski definition) is 2. The molecular formula is C18H19BrFN3O3. The van der Waals surface area contributed by atoms with Gasteiger partial charge in [-0.1, -0.05) is 5.16 Å². The summed E-state index contributed by atoms with van der Waals surface area (Å²) in [6, 6.07) is 5.75. The van der Waals surface area contributed by atoms with E-state index in [0.717, 1.165) is 0 Å². The number of amides is 1. The predicted molar refractivity (Wildman–Crippen MR) is 99.4 cm³/mol. The first kappa shape index (κ1) is 19.8. The Kier molecular flexibility index (Phi) is 5.97. The van der Waals surface area contributed by atoms with E-state index >= 15 is 0 Å². The third-order valence-electron chi connectivity index (χ3n) is 3.20. The van der Waals surface area contributed by atoms with Crippen molar-refractivity contribution in [1.29, 1.82) is 0 Å². The van der Waals surface area contributed by atoms with Crippen LogP contribution in [0.1, 0.15) is 37.6 Å². The smallest absolute Gasteiger partial charge is 0.221 e. The van der Waals surface area contributed by atoms with Gasteiger partial charge in [-0.25, -0.2) is 4.39 Å². The van der Waals surface area contributed by atoms with Crippen LogP contribution in [-0.2, 0) is 16.1 Å². The number of benzene rings is 1. The number of nitrogens with zero attached hydrogens (tertiary/aromatic N) is 2. The molecule has 2 aromatic rings. The maximum atomic E-state index is 13.6. The SMILES string of the molecule is CC(C)(C)O/N=C(/c1ccc(F)c(Br)c1)c1nccc(CC(N)=O)c1O. The van der Waals surface area contributed by atoms with E-state index < -0.39 is 17.3 Å². The molecule has 1 amide bonds. The van der Waals surface area contributed by atoms with Gasteiger partial charge in [0, 0.05) is 17.3 Å². The molecule has 0 bridgehead atoms. The predicted octanol–water partition coefficient (Wildman–Crippen LogP) is 3.28. The van der Waals surface area contributed by atoms with Crippen molar-refractivity contribution in [2.45, 2.75) is 32.8 Å². The third-order valence-corrected chi connectivity index (χ3v) is 3.81. The molecule has 0 saturated heterocycles. The van der Waals surface area contributed by atoms with Crippen LogP contribution in [0.2, 0.25) is 0 Å². The van der Waals surface area contributed by atoms with E-state index in [1.165, 1.54) is 30.5 Å². The largest absolute Gasteiger partial charge is 0.505 e. The van der Waals surface area contributed by atoms with Crippen molar-refractivity contribution in [3.8, 4) is 5.75 Å². The summed E-state index contributed by atoms with van der Waals surface area (Å²) >= 11 is 3.13. The average molecular weight is 424 g/mol. The number of rotatable bonds is 5. The summed E-state index contributed by atoms with van der Waals surface area (Å²) in [7, 11) is 0. The Morgan fingerprint density at radius 2 is 2.08 bits per heavy atom. The zero-order valence-electron chi connectivity index (χ0n) is 14.6. The summed E-state index contributed by atoms with van der Waals surface area (Å²) in [5, 5.41) is 14.7. The van der Waals surface area contributed by atoms with Gasteiger partial charge < -0.3 is 15.7 Å². The van der Waals surface area contributed by atoms with Gasteiger partial charge in [-0.3, -0.25) is 9.78 Å². The fraction of sp³-hybridized carbons (Fsp3) is 0.278. The van der Waals surface area contributed by atoms with Crippen LogP contribution in [0, 0.1) is 5.82 Å². The van der Waals surface area contributed by atoms with Crippen LogP contribution in [0.4, 0.5) is 4.39 Å². The Bertz CT molecular complexity index is 863. The van der Waals surface area contributed by atoms with E-state index in [9.17, 15) is 14.3 Å². The molecule has 0 spiro atoms. The van der Waals surface area contributed by atoms with Crippen LogP contribution >= 0.6 is 15.9 Å². The van der Waals surface area contributed by atoms with Gasteiger partial charge in [0.2, 0.25) is 5.91 Å². The van der Waals surface area contributed by atoms with Crippen molar-refractivity contribution in [2.75, 3.05) is 0 Å². The van der Waals surface area contributed by atoms with E-state index in [1.807, 2.05) is 20.8 Å². The van der Waals surface area contributed by atoms with Gasteiger partial charge in [0.05, 0.1) is 10.9 Å². The average Bonchev–Trinajstić information content (AvgIpc) is 2.52. The van der Waals surface area contributed by atoms with Crippen LogP contribution in [0.3, 0.4) is 0 Å². The van der Waals surface area contributed by atoms with E-state index in [-0.39, 0.29) is 28.0 Å². The van der Waals surface area contributed by atoms with Crippen molar-refractivity contribution in [1.82, 2.24) is 4.98 Å². The van der Waals surface area contributed by atoms with E-state index in [2.05, 4.69) is 26.1 Å². The number of primary amides is 1. The second-order valence-corrected chi connectivity index (χ2v) is 7.44. The number of aromatic hydroxyl groups is 1. The summed E-state index contributed by atoms with van der Waals surface area (Å²) in [5.74, 6) is -1.26. The standard InChI is InChI=1S/C18H19BrFN3O3/c1-18(2,3)26-23-15(10-4-5-13(20)12(19)8-10)16-17(25)11(6-7-22-16)9-14(21)24/h4-8,25H,9H2,1-3H3,(H2,21,24)/b23-15-. The number of carbonyl (C=O) groups excluding carboxylic acids is 1. The van der Waals surface area contributed by atoms with Crippen LogP contribution in [0.25, 0.3) is 0 Å². The molecule has 1 heterocycles. The molecule has 1 aromatic carbocycles. The van der Waals surface area contributed by atoms with Crippen molar-refractivity contribution < 1.29 is 19.1 Å². The number of nitrogens with two attached hydrogens (primary N) is 1. The van der Waals surface area contributed by atoms with E-state index in [0.29, 0.717) is 11.1 Å². The third kappa shape index (κ3) is 5.01. The highest BCUT2D eigenvalue weighted by molar-refractivity contribution is 9.10. The van der Waals surface area contributed by atoms with Gasteiger partial charge in [-0.05, 0) is 61.0 Å². The first-order valence-corrected chi connectivity index (χ1v) is 8.55. The van der Waals surface area contributed by atoms with Crippen molar-refractivity contribution in [3.05, 3.63) is 57.6 Å². The summed E-state index contributed by atoms with van der Waals surface area (Å²) in [6.45, 7) is 5.43. The van der Waals surface area contributed by atoms with Crippen molar-refractivity contribution >= 4 is 27.5 Å². The molecule has 26 heavy (non-hydrogen) atoms. The number of oxime groups is 1. The summed E-state index contributed by atoms with van der Waals surface area (Å²) in [6.07, 6.45) is 1.28. The number of aromatic nitrogens is 1. The highest BCUT2D eigenvalue weighted by Gasteiger charge is 2.20. The molecule has 0 fully saturated rings. The summed E-state index contributed by atoms with van der Waals surface area (Å²) in [5.41, 5.74) is 5.70. The molecule has 0 aliphatic heterocycles. The fourth-order valence-corrected chi connectivity index (χ4v) is 2.44. The highest BCUT2D eigenvalue weighted by atomic mass is 79.9. The molecule has 8 heteroatoms. The second-order valence-electron chi connectivity index (χ2n) is 6.58. The maximum Gasteiger partial charge on any atom is 0.221 e. The lowest BCUT2D eigenvalue weighted by atomic mass is 10.0. The van der Waals surface area contributed by atoms with Crippen LogP contribution in [0.5, 0.6) is 5.75 Å². The lowest BCUT2D eigenvalue weighted by Gasteiger charge is -2.18. The van der Waals surface area contributed by atoms with E-state index in [4.69, 9.17) is 10.6 Å². The molecule has 0 aliphatic carbocycles. The molecule has 0 unspecified atom stereocenters. The van der Waals surface area contributed by atoms with Gasteiger partial charge in [-0.15, -0.1) is 0 Å². The monoisotopic (exact) mass is 423 g/mol. The lowest BCUT2D eigenvalue weighted by Crippen LogP contribution is -2.19. The van der Waals surface area contributed by atoms with Gasteiger partial charge in [0.15, 0.2) is 0 Å². The molecule has 0 radical (unpaired) electrons. The molecule has 0 saturated carbocycles. The minimum absolute atomic E-state index is 0.103. The Hall–Kier alpha value is -2.48. The minimum atomic E-state index is -0.594. The summed E-state index contributed by atoms with van der Waals surface area (Å²) in [4.78, 5) is 20.8. The number of hydrogen-bond acceptors (Lipinski definition) is 5. The van der Waals surface area contributed by atoms with Crippen molar-refractivity contribution in [3.63, 3.8) is 0 Å². The zero-order valence-corrected chi connectivity index (χ0v) is 16.2. The summed E-state index contributed by atoms with van der Waals surface area (Å²) < 4.78 is 13.8. The first-order valence-electron chi connectivity index (χ1n) is 7.75. The van der Waals surface area contributed by atoms with Gasteiger partial charge in [-0.2, -0.15) is 0 Å². The Balaban J connectivity index is 2.61. The van der Waals surface area contributed by atoms with Gasteiger partial charge >= 0.3 is 0 Å². The topological polar surface area (TPSA) is 97.8 Å².